The molecular weight excluding hydrogens is 290 g/mol. The molecule has 0 aliphatic carbocycles. The summed E-state index contributed by atoms with van der Waals surface area (Å²) in [4.78, 5) is 27.6. The normalized spacial score (nSPS) is 16.3. The van der Waals surface area contributed by atoms with Gasteiger partial charge in [-0.05, 0) is 17.0 Å². The Bertz CT molecular complexity index is 570. The Labute approximate surface area is 138 Å². The lowest BCUT2D eigenvalue weighted by Crippen LogP contribution is -2.49. The monoisotopic (exact) mass is 317 g/mol. The van der Waals surface area contributed by atoms with E-state index >= 15 is 0 Å². The Morgan fingerprint density at radius 2 is 1.70 bits per heavy atom. The second kappa shape index (κ2) is 7.13. The molecule has 1 aromatic carbocycles. The molecule has 1 heterocycles. The van der Waals surface area contributed by atoms with Crippen LogP contribution >= 0.6 is 0 Å². The summed E-state index contributed by atoms with van der Waals surface area (Å²) in [6, 6.07) is 7.95. The standard InChI is InChI=1S/C18H27N3O2/c1-14(22)21-11-9-20(10-12-21)13-17(23)19-16-8-6-5-7-15(16)18(2,3)4/h5-8H,9-13H2,1-4H3,(H,19,23). The van der Waals surface area contributed by atoms with Crippen molar-refractivity contribution in [2.45, 2.75) is 33.1 Å². The molecule has 2 amide bonds. The zero-order valence-corrected chi connectivity index (χ0v) is 14.6. The molecule has 0 radical (unpaired) electrons. The predicted molar refractivity (Wildman–Crippen MR) is 92.5 cm³/mol. The first kappa shape index (κ1) is 17.5. The molecule has 0 atom stereocenters. The van der Waals surface area contributed by atoms with E-state index in [0.717, 1.165) is 24.3 Å². The van der Waals surface area contributed by atoms with Crippen LogP contribution in [-0.2, 0) is 15.0 Å². The van der Waals surface area contributed by atoms with Crippen LogP contribution in [0.3, 0.4) is 0 Å². The van der Waals surface area contributed by atoms with Gasteiger partial charge < -0.3 is 10.2 Å². The first-order valence-corrected chi connectivity index (χ1v) is 8.14. The molecule has 2 rings (SSSR count). The number of piperazine rings is 1. The van der Waals surface area contributed by atoms with E-state index in [0.29, 0.717) is 19.6 Å². The number of hydrogen-bond acceptors (Lipinski definition) is 3. The van der Waals surface area contributed by atoms with Gasteiger partial charge in [-0.15, -0.1) is 0 Å². The van der Waals surface area contributed by atoms with Crippen molar-refractivity contribution in [2.75, 3.05) is 38.0 Å². The molecule has 1 fully saturated rings. The highest BCUT2D eigenvalue weighted by Crippen LogP contribution is 2.29. The second-order valence-corrected chi connectivity index (χ2v) is 7.13. The van der Waals surface area contributed by atoms with Crippen molar-refractivity contribution in [3.63, 3.8) is 0 Å². The molecule has 0 aromatic heterocycles. The number of amides is 2. The van der Waals surface area contributed by atoms with Crippen LogP contribution in [0, 0.1) is 0 Å². The zero-order valence-electron chi connectivity index (χ0n) is 14.6. The predicted octanol–water partition coefficient (Wildman–Crippen LogP) is 2.09. The first-order chi connectivity index (χ1) is 10.8. The van der Waals surface area contributed by atoms with Crippen molar-refractivity contribution in [2.24, 2.45) is 0 Å². The van der Waals surface area contributed by atoms with E-state index in [4.69, 9.17) is 0 Å². The van der Waals surface area contributed by atoms with Gasteiger partial charge in [0.1, 0.15) is 0 Å². The number of nitrogens with zero attached hydrogens (tertiary/aromatic N) is 2. The minimum atomic E-state index is -0.0169. The summed E-state index contributed by atoms with van der Waals surface area (Å²) < 4.78 is 0. The van der Waals surface area contributed by atoms with E-state index in [1.165, 1.54) is 0 Å². The van der Waals surface area contributed by atoms with Crippen LogP contribution in [0.1, 0.15) is 33.3 Å². The maximum Gasteiger partial charge on any atom is 0.238 e. The Hall–Kier alpha value is -1.88. The molecule has 1 N–H and O–H groups in total. The number of para-hydroxylation sites is 1. The van der Waals surface area contributed by atoms with Crippen molar-refractivity contribution in [3.05, 3.63) is 29.8 Å². The van der Waals surface area contributed by atoms with E-state index < -0.39 is 0 Å². The number of carbonyl (C=O) groups excluding carboxylic acids is 2. The summed E-state index contributed by atoms with van der Waals surface area (Å²) in [5.41, 5.74) is 2.00. The third-order valence-corrected chi connectivity index (χ3v) is 4.19. The Balaban J connectivity index is 1.93. The number of rotatable bonds is 3. The average Bonchev–Trinajstić information content (AvgIpc) is 2.47. The smallest absolute Gasteiger partial charge is 0.238 e. The number of hydrogen-bond donors (Lipinski definition) is 1. The molecule has 0 unspecified atom stereocenters. The lowest BCUT2D eigenvalue weighted by molar-refractivity contribution is -0.130. The van der Waals surface area contributed by atoms with Crippen LogP contribution in [0.4, 0.5) is 5.69 Å². The quantitative estimate of drug-likeness (QED) is 0.929. The van der Waals surface area contributed by atoms with Gasteiger partial charge in [0.05, 0.1) is 6.54 Å². The summed E-state index contributed by atoms with van der Waals surface area (Å²) in [6.07, 6.45) is 0. The van der Waals surface area contributed by atoms with E-state index in [1.54, 1.807) is 6.92 Å². The SMILES string of the molecule is CC(=O)N1CCN(CC(=O)Nc2ccccc2C(C)(C)C)CC1. The van der Waals surface area contributed by atoms with E-state index in [-0.39, 0.29) is 17.2 Å². The van der Waals surface area contributed by atoms with Gasteiger partial charge in [0.25, 0.3) is 0 Å². The summed E-state index contributed by atoms with van der Waals surface area (Å²) in [6.45, 7) is 11.2. The second-order valence-electron chi connectivity index (χ2n) is 7.13. The highest BCUT2D eigenvalue weighted by atomic mass is 16.2. The fraction of sp³-hybridized carbons (Fsp3) is 0.556. The average molecular weight is 317 g/mol. The van der Waals surface area contributed by atoms with Crippen molar-refractivity contribution < 1.29 is 9.59 Å². The Kier molecular flexibility index (Phi) is 5.42. The largest absolute Gasteiger partial charge is 0.340 e. The van der Waals surface area contributed by atoms with Gasteiger partial charge in [0.15, 0.2) is 0 Å². The Morgan fingerprint density at radius 3 is 2.26 bits per heavy atom. The molecule has 0 spiro atoms. The first-order valence-electron chi connectivity index (χ1n) is 8.14. The fourth-order valence-corrected chi connectivity index (χ4v) is 2.86. The van der Waals surface area contributed by atoms with Crippen LogP contribution in [-0.4, -0.2) is 54.3 Å². The molecule has 5 heteroatoms. The van der Waals surface area contributed by atoms with Crippen molar-refractivity contribution >= 4 is 17.5 Å². The van der Waals surface area contributed by atoms with Crippen LogP contribution < -0.4 is 5.32 Å². The van der Waals surface area contributed by atoms with E-state index in [2.05, 4.69) is 37.1 Å². The number of nitrogens with one attached hydrogen (secondary N) is 1. The summed E-state index contributed by atoms with van der Waals surface area (Å²) in [5.74, 6) is 0.103. The number of benzene rings is 1. The van der Waals surface area contributed by atoms with Gasteiger partial charge in [-0.2, -0.15) is 0 Å². The van der Waals surface area contributed by atoms with Crippen molar-refractivity contribution in [1.82, 2.24) is 9.80 Å². The van der Waals surface area contributed by atoms with Crippen molar-refractivity contribution in [1.29, 1.82) is 0 Å². The maximum atomic E-state index is 12.3. The van der Waals surface area contributed by atoms with Crippen LogP contribution in [0.2, 0.25) is 0 Å². The third-order valence-electron chi connectivity index (χ3n) is 4.19. The highest BCUT2D eigenvalue weighted by Gasteiger charge is 2.22. The van der Waals surface area contributed by atoms with Crippen LogP contribution in [0.15, 0.2) is 24.3 Å². The lowest BCUT2D eigenvalue weighted by atomic mass is 9.86. The summed E-state index contributed by atoms with van der Waals surface area (Å²) >= 11 is 0. The molecular formula is C18H27N3O2. The minimum absolute atomic E-state index is 0.00188. The molecule has 23 heavy (non-hydrogen) atoms. The summed E-state index contributed by atoms with van der Waals surface area (Å²) in [5, 5.41) is 3.04. The lowest BCUT2D eigenvalue weighted by Gasteiger charge is -2.33. The van der Waals surface area contributed by atoms with Gasteiger partial charge in [0, 0.05) is 38.8 Å². The van der Waals surface area contributed by atoms with Crippen molar-refractivity contribution in [3.8, 4) is 0 Å². The topological polar surface area (TPSA) is 52.7 Å². The molecule has 1 aliphatic heterocycles. The van der Waals surface area contributed by atoms with Gasteiger partial charge >= 0.3 is 0 Å². The Morgan fingerprint density at radius 1 is 1.09 bits per heavy atom. The zero-order chi connectivity index (χ0) is 17.0. The molecule has 0 saturated carbocycles. The summed E-state index contributed by atoms with van der Waals surface area (Å²) in [7, 11) is 0. The molecule has 5 nitrogen and oxygen atoms in total. The van der Waals surface area contributed by atoms with E-state index in [9.17, 15) is 9.59 Å². The molecule has 1 aromatic rings. The highest BCUT2D eigenvalue weighted by molar-refractivity contribution is 5.93. The van der Waals surface area contributed by atoms with Gasteiger partial charge in [0.2, 0.25) is 11.8 Å². The molecule has 1 aliphatic rings. The fourth-order valence-electron chi connectivity index (χ4n) is 2.86. The van der Waals surface area contributed by atoms with Gasteiger partial charge in [-0.1, -0.05) is 39.0 Å². The van der Waals surface area contributed by atoms with Crippen LogP contribution in [0.5, 0.6) is 0 Å². The molecule has 126 valence electrons. The minimum Gasteiger partial charge on any atom is -0.340 e. The van der Waals surface area contributed by atoms with E-state index in [1.807, 2.05) is 23.1 Å². The van der Waals surface area contributed by atoms with Crippen LogP contribution in [0.25, 0.3) is 0 Å². The maximum absolute atomic E-state index is 12.3. The number of carbonyl (C=O) groups is 2. The van der Waals surface area contributed by atoms with Gasteiger partial charge in [-0.25, -0.2) is 0 Å². The number of anilines is 1. The van der Waals surface area contributed by atoms with Gasteiger partial charge in [-0.3, -0.25) is 14.5 Å². The third kappa shape index (κ3) is 4.79. The molecule has 0 bridgehead atoms. The molecule has 1 saturated heterocycles.